The molecule has 0 spiro atoms. The van der Waals surface area contributed by atoms with Crippen LogP contribution in [0.1, 0.15) is 41.6 Å². The third-order valence-electron chi connectivity index (χ3n) is 3.71. The lowest BCUT2D eigenvalue weighted by Gasteiger charge is -2.02. The van der Waals surface area contributed by atoms with Gasteiger partial charge in [0, 0.05) is 39.8 Å². The summed E-state index contributed by atoms with van der Waals surface area (Å²) < 4.78 is 17.4. The predicted octanol–water partition coefficient (Wildman–Crippen LogP) is 3.41. The zero-order chi connectivity index (χ0) is 17.3. The highest BCUT2D eigenvalue weighted by molar-refractivity contribution is 7.83. The molecule has 126 valence electrons. The first-order valence-electron chi connectivity index (χ1n) is 7.62. The van der Waals surface area contributed by atoms with Crippen LogP contribution in [0.25, 0.3) is 11.0 Å². The van der Waals surface area contributed by atoms with Crippen LogP contribution >= 0.6 is 0 Å². The number of aromatic nitrogens is 2. The molecular weight excluding hydrogens is 326 g/mol. The number of carbonyl (C=O) groups is 1. The Bertz CT molecular complexity index is 911. The third-order valence-corrected chi connectivity index (χ3v) is 4.41. The van der Waals surface area contributed by atoms with E-state index in [-0.39, 0.29) is 17.4 Å². The Morgan fingerprint density at radius 2 is 2.12 bits per heavy atom. The van der Waals surface area contributed by atoms with Crippen LogP contribution in [0.15, 0.2) is 34.7 Å². The fourth-order valence-corrected chi connectivity index (χ4v) is 3.19. The molecule has 0 saturated carbocycles. The summed E-state index contributed by atoms with van der Waals surface area (Å²) in [6.45, 7) is 4.07. The van der Waals surface area contributed by atoms with Gasteiger partial charge in [-0.1, -0.05) is 32.0 Å². The summed E-state index contributed by atoms with van der Waals surface area (Å²) >= 11 is 0. The maximum absolute atomic E-state index is 12.6. The van der Waals surface area contributed by atoms with E-state index >= 15 is 0 Å². The molecule has 3 aromatic rings. The number of H-pyrrole nitrogens is 1. The minimum Gasteiger partial charge on any atom is -0.451 e. The van der Waals surface area contributed by atoms with E-state index in [1.165, 1.54) is 0 Å². The molecule has 3 rings (SSSR count). The normalized spacial score (nSPS) is 12.7. The Morgan fingerprint density at radius 1 is 1.38 bits per heavy atom. The first-order chi connectivity index (χ1) is 11.5. The lowest BCUT2D eigenvalue weighted by atomic mass is 10.1. The van der Waals surface area contributed by atoms with Crippen LogP contribution in [-0.2, 0) is 16.6 Å². The Hall–Kier alpha value is -2.41. The summed E-state index contributed by atoms with van der Waals surface area (Å²) in [5.74, 6) is 0.770. The molecule has 2 heterocycles. The van der Waals surface area contributed by atoms with Crippen molar-refractivity contribution in [2.75, 3.05) is 11.6 Å². The van der Waals surface area contributed by atoms with Crippen LogP contribution in [0.2, 0.25) is 0 Å². The second kappa shape index (κ2) is 6.60. The Morgan fingerprint density at radius 3 is 2.79 bits per heavy atom. The van der Waals surface area contributed by atoms with Crippen molar-refractivity contribution in [3.05, 3.63) is 47.3 Å². The van der Waals surface area contributed by atoms with Gasteiger partial charge in [0.15, 0.2) is 11.6 Å². The van der Waals surface area contributed by atoms with Crippen molar-refractivity contribution in [1.29, 1.82) is 0 Å². The largest absolute Gasteiger partial charge is 0.451 e. The van der Waals surface area contributed by atoms with Crippen molar-refractivity contribution in [3.63, 3.8) is 0 Å². The van der Waals surface area contributed by atoms with Crippen molar-refractivity contribution in [2.45, 2.75) is 25.5 Å². The molecule has 0 unspecified atom stereocenters. The molecule has 6 nitrogen and oxygen atoms in total. The van der Waals surface area contributed by atoms with E-state index in [2.05, 4.69) is 15.5 Å². The minimum atomic E-state index is -1.09. The van der Waals surface area contributed by atoms with Gasteiger partial charge in [-0.05, 0) is 12.0 Å². The molecule has 0 saturated heterocycles. The van der Waals surface area contributed by atoms with E-state index in [9.17, 15) is 9.00 Å². The van der Waals surface area contributed by atoms with Gasteiger partial charge in [-0.25, -0.2) is 0 Å². The van der Waals surface area contributed by atoms with Gasteiger partial charge in [-0.15, -0.1) is 0 Å². The van der Waals surface area contributed by atoms with Crippen LogP contribution in [0.3, 0.4) is 0 Å². The van der Waals surface area contributed by atoms with Gasteiger partial charge >= 0.3 is 0 Å². The number of furan rings is 1. The quantitative estimate of drug-likeness (QED) is 0.742. The Kier molecular flexibility index (Phi) is 4.53. The minimum absolute atomic E-state index is 0.181. The molecule has 0 radical (unpaired) electrons. The van der Waals surface area contributed by atoms with E-state index < -0.39 is 16.7 Å². The number of benzene rings is 1. The van der Waals surface area contributed by atoms with Crippen molar-refractivity contribution < 1.29 is 13.4 Å². The van der Waals surface area contributed by atoms with Crippen molar-refractivity contribution in [3.8, 4) is 0 Å². The fraction of sp³-hybridized carbons (Fsp3) is 0.294. The van der Waals surface area contributed by atoms with E-state index in [1.807, 2.05) is 32.0 Å². The van der Waals surface area contributed by atoms with Crippen molar-refractivity contribution >= 4 is 33.5 Å². The fourth-order valence-electron chi connectivity index (χ4n) is 2.50. The van der Waals surface area contributed by atoms with Crippen LogP contribution < -0.4 is 5.32 Å². The van der Waals surface area contributed by atoms with Gasteiger partial charge in [0.2, 0.25) is 0 Å². The van der Waals surface area contributed by atoms with Gasteiger partial charge in [0.25, 0.3) is 5.91 Å². The van der Waals surface area contributed by atoms with E-state index in [4.69, 9.17) is 4.42 Å². The number of fused-ring (bicyclic) bond motifs is 1. The van der Waals surface area contributed by atoms with Gasteiger partial charge < -0.3 is 9.73 Å². The summed E-state index contributed by atoms with van der Waals surface area (Å²) in [5, 5.41) is 10.5. The average molecular weight is 345 g/mol. The molecule has 1 aromatic carbocycles. The standard InChI is InChI=1S/C17H19N3O3S/c1-10(2)13-8-15(20-19-13)18-17(21)16-12(9-24(3)22)11-6-4-5-7-14(11)23-16/h4-8,10H,9H2,1-3H3,(H2,18,19,20,21)/t24-/m0/s1. The van der Waals surface area contributed by atoms with Crippen LogP contribution in [0.5, 0.6) is 0 Å². The molecule has 0 aliphatic rings. The maximum Gasteiger partial charge on any atom is 0.292 e. The third kappa shape index (κ3) is 3.26. The van der Waals surface area contributed by atoms with E-state index in [1.54, 1.807) is 18.4 Å². The summed E-state index contributed by atoms with van der Waals surface area (Å²) in [7, 11) is -1.09. The molecule has 2 N–H and O–H groups in total. The first-order valence-corrected chi connectivity index (χ1v) is 9.35. The maximum atomic E-state index is 12.6. The topological polar surface area (TPSA) is 88.0 Å². The molecule has 0 aliphatic heterocycles. The number of aromatic amines is 1. The summed E-state index contributed by atoms with van der Waals surface area (Å²) in [6, 6.07) is 9.15. The Balaban J connectivity index is 1.94. The zero-order valence-electron chi connectivity index (χ0n) is 13.8. The predicted molar refractivity (Wildman–Crippen MR) is 94.6 cm³/mol. The van der Waals surface area contributed by atoms with Gasteiger partial charge in [0.1, 0.15) is 5.58 Å². The molecule has 7 heteroatoms. The highest BCUT2D eigenvalue weighted by atomic mass is 32.2. The van der Waals surface area contributed by atoms with Crippen molar-refractivity contribution in [1.82, 2.24) is 10.2 Å². The number of hydrogen-bond donors (Lipinski definition) is 2. The SMILES string of the molecule is CC(C)c1cc(NC(=O)c2oc3ccccc3c2C[S@](C)=O)n[nH]1. The average Bonchev–Trinajstić information content (AvgIpc) is 3.12. The molecule has 1 amide bonds. The van der Waals surface area contributed by atoms with Crippen LogP contribution in [0.4, 0.5) is 5.82 Å². The summed E-state index contributed by atoms with van der Waals surface area (Å²) in [4.78, 5) is 12.6. The summed E-state index contributed by atoms with van der Waals surface area (Å²) in [6.07, 6.45) is 1.60. The molecule has 0 aliphatic carbocycles. The second-order valence-electron chi connectivity index (χ2n) is 5.94. The zero-order valence-corrected chi connectivity index (χ0v) is 14.6. The number of nitrogens with zero attached hydrogens (tertiary/aromatic N) is 1. The first kappa shape index (κ1) is 16.4. The Labute approximate surface area is 142 Å². The van der Waals surface area contributed by atoms with Crippen molar-refractivity contribution in [2.24, 2.45) is 0 Å². The molecule has 24 heavy (non-hydrogen) atoms. The highest BCUT2D eigenvalue weighted by Gasteiger charge is 2.22. The van der Waals surface area contributed by atoms with Crippen LogP contribution in [-0.4, -0.2) is 26.6 Å². The van der Waals surface area contributed by atoms with Gasteiger partial charge in [-0.2, -0.15) is 5.10 Å². The molecular formula is C17H19N3O3S. The number of para-hydroxylation sites is 1. The number of hydrogen-bond acceptors (Lipinski definition) is 4. The molecule has 0 fully saturated rings. The van der Waals surface area contributed by atoms with E-state index in [0.29, 0.717) is 17.0 Å². The number of carbonyl (C=O) groups excluding carboxylic acids is 1. The van der Waals surface area contributed by atoms with E-state index in [0.717, 1.165) is 11.1 Å². The number of nitrogens with one attached hydrogen (secondary N) is 2. The molecule has 1 atom stereocenters. The smallest absolute Gasteiger partial charge is 0.292 e. The highest BCUT2D eigenvalue weighted by Crippen LogP contribution is 2.27. The number of rotatable bonds is 5. The molecule has 0 bridgehead atoms. The number of anilines is 1. The van der Waals surface area contributed by atoms with Gasteiger partial charge in [0.05, 0.1) is 5.75 Å². The van der Waals surface area contributed by atoms with Gasteiger partial charge in [-0.3, -0.25) is 14.1 Å². The lowest BCUT2D eigenvalue weighted by molar-refractivity contribution is 0.0997. The summed E-state index contributed by atoms with van der Waals surface area (Å²) in [5.41, 5.74) is 2.20. The van der Waals surface area contributed by atoms with Crippen LogP contribution in [0, 0.1) is 0 Å². The molecule has 2 aromatic heterocycles. The lowest BCUT2D eigenvalue weighted by Crippen LogP contribution is -2.13. The number of amides is 1. The monoisotopic (exact) mass is 345 g/mol. The second-order valence-corrected chi connectivity index (χ2v) is 7.38.